The summed E-state index contributed by atoms with van der Waals surface area (Å²) in [5.41, 5.74) is -1.34. The van der Waals surface area contributed by atoms with E-state index < -0.39 is 23.4 Å². The van der Waals surface area contributed by atoms with Crippen LogP contribution in [0.3, 0.4) is 0 Å². The van der Waals surface area contributed by atoms with Gasteiger partial charge in [-0.25, -0.2) is 9.59 Å². The molecule has 1 heterocycles. The Labute approximate surface area is 122 Å². The van der Waals surface area contributed by atoms with E-state index in [1.54, 1.807) is 12.1 Å². The molecule has 0 saturated heterocycles. The molecule has 0 unspecified atom stereocenters. The zero-order chi connectivity index (χ0) is 16.0. The van der Waals surface area contributed by atoms with Crippen LogP contribution >= 0.6 is 0 Å². The van der Waals surface area contributed by atoms with Gasteiger partial charge in [0.15, 0.2) is 0 Å². The number of aliphatic carboxylic acids is 1. The standard InChI is InChI=1S/C13H19N3O5/c1-13(2,11(18)19)16(3)10(17)8-15-12(20)14-7-9-5-4-6-21-9/h4-6H,7-8H2,1-3H3,(H,18,19)(H2,14,15,20). The van der Waals surface area contributed by atoms with Crippen molar-refractivity contribution in [3.63, 3.8) is 0 Å². The van der Waals surface area contributed by atoms with E-state index in [9.17, 15) is 14.4 Å². The molecule has 0 saturated carbocycles. The van der Waals surface area contributed by atoms with Crippen LogP contribution in [0.25, 0.3) is 0 Å². The molecule has 1 aromatic heterocycles. The number of carbonyl (C=O) groups excluding carboxylic acids is 2. The molecule has 1 aromatic rings. The predicted octanol–water partition coefficient (Wildman–Crippen LogP) is 0.400. The molecule has 3 N–H and O–H groups in total. The van der Waals surface area contributed by atoms with E-state index in [0.29, 0.717) is 5.76 Å². The number of carboxylic acid groups (broad SMARTS) is 1. The van der Waals surface area contributed by atoms with Crippen LogP contribution in [0.15, 0.2) is 22.8 Å². The number of hydrogen-bond acceptors (Lipinski definition) is 4. The third kappa shape index (κ3) is 4.51. The number of nitrogens with zero attached hydrogens (tertiary/aromatic N) is 1. The first-order chi connectivity index (χ1) is 9.75. The molecule has 0 aliphatic carbocycles. The minimum absolute atomic E-state index is 0.198. The van der Waals surface area contributed by atoms with Crippen molar-refractivity contribution >= 4 is 17.9 Å². The molecule has 0 spiro atoms. The Morgan fingerprint density at radius 3 is 2.52 bits per heavy atom. The average molecular weight is 297 g/mol. The fraction of sp³-hybridized carbons (Fsp3) is 0.462. The number of rotatable bonds is 6. The minimum Gasteiger partial charge on any atom is -0.480 e. The first-order valence-corrected chi connectivity index (χ1v) is 6.29. The van der Waals surface area contributed by atoms with E-state index in [2.05, 4.69) is 10.6 Å². The summed E-state index contributed by atoms with van der Waals surface area (Å²) in [6, 6.07) is 2.86. The van der Waals surface area contributed by atoms with E-state index in [-0.39, 0.29) is 13.1 Å². The Morgan fingerprint density at radius 1 is 1.33 bits per heavy atom. The number of urea groups is 1. The van der Waals surface area contributed by atoms with Crippen molar-refractivity contribution < 1.29 is 23.9 Å². The highest BCUT2D eigenvalue weighted by molar-refractivity contribution is 5.89. The number of carboxylic acids is 1. The Bertz CT molecular complexity index is 510. The zero-order valence-electron chi connectivity index (χ0n) is 12.2. The molecule has 0 fully saturated rings. The first kappa shape index (κ1) is 16.5. The van der Waals surface area contributed by atoms with Gasteiger partial charge in [-0.2, -0.15) is 0 Å². The lowest BCUT2D eigenvalue weighted by Crippen LogP contribution is -2.53. The average Bonchev–Trinajstić information content (AvgIpc) is 2.94. The van der Waals surface area contributed by atoms with Crippen LogP contribution in [0.1, 0.15) is 19.6 Å². The van der Waals surface area contributed by atoms with Crippen LogP contribution in [-0.2, 0) is 16.1 Å². The van der Waals surface area contributed by atoms with Crippen molar-refractivity contribution in [2.45, 2.75) is 25.9 Å². The van der Waals surface area contributed by atoms with Gasteiger partial charge in [-0.05, 0) is 26.0 Å². The molecule has 3 amide bonds. The Balaban J connectivity index is 2.38. The molecular weight excluding hydrogens is 278 g/mol. The highest BCUT2D eigenvalue weighted by atomic mass is 16.4. The van der Waals surface area contributed by atoms with Crippen LogP contribution < -0.4 is 10.6 Å². The van der Waals surface area contributed by atoms with Gasteiger partial charge < -0.3 is 25.1 Å². The smallest absolute Gasteiger partial charge is 0.329 e. The summed E-state index contributed by atoms with van der Waals surface area (Å²) >= 11 is 0. The van der Waals surface area contributed by atoms with Crippen molar-refractivity contribution in [3.8, 4) is 0 Å². The first-order valence-electron chi connectivity index (χ1n) is 6.29. The van der Waals surface area contributed by atoms with Crippen LogP contribution in [0.5, 0.6) is 0 Å². The van der Waals surface area contributed by atoms with Crippen molar-refractivity contribution in [3.05, 3.63) is 24.2 Å². The SMILES string of the molecule is CN(C(=O)CNC(=O)NCc1ccco1)C(C)(C)C(=O)O. The Hall–Kier alpha value is -2.51. The van der Waals surface area contributed by atoms with Gasteiger partial charge in [-0.15, -0.1) is 0 Å². The number of furan rings is 1. The molecule has 0 aliphatic heterocycles. The van der Waals surface area contributed by atoms with E-state index in [1.807, 2.05) is 0 Å². The molecule has 0 atom stereocenters. The highest BCUT2D eigenvalue weighted by Gasteiger charge is 2.34. The third-order valence-corrected chi connectivity index (χ3v) is 3.14. The zero-order valence-corrected chi connectivity index (χ0v) is 12.2. The number of carbonyl (C=O) groups is 3. The van der Waals surface area contributed by atoms with Crippen molar-refractivity contribution in [2.24, 2.45) is 0 Å². The van der Waals surface area contributed by atoms with Gasteiger partial charge in [-0.3, -0.25) is 4.79 Å². The Morgan fingerprint density at radius 2 is 2.00 bits per heavy atom. The maximum absolute atomic E-state index is 11.8. The molecule has 0 bridgehead atoms. The maximum Gasteiger partial charge on any atom is 0.329 e. The summed E-state index contributed by atoms with van der Waals surface area (Å²) in [4.78, 5) is 35.4. The number of nitrogens with one attached hydrogen (secondary N) is 2. The van der Waals surface area contributed by atoms with Gasteiger partial charge in [0, 0.05) is 7.05 Å². The lowest BCUT2D eigenvalue weighted by atomic mass is 10.0. The van der Waals surface area contributed by atoms with Gasteiger partial charge in [0.2, 0.25) is 5.91 Å². The van der Waals surface area contributed by atoms with E-state index >= 15 is 0 Å². The normalized spacial score (nSPS) is 10.8. The molecule has 0 radical (unpaired) electrons. The lowest BCUT2D eigenvalue weighted by Gasteiger charge is -2.31. The van der Waals surface area contributed by atoms with E-state index in [1.165, 1.54) is 27.2 Å². The third-order valence-electron chi connectivity index (χ3n) is 3.14. The largest absolute Gasteiger partial charge is 0.480 e. The van der Waals surface area contributed by atoms with Gasteiger partial charge in [0.05, 0.1) is 19.4 Å². The maximum atomic E-state index is 11.8. The second-order valence-corrected chi connectivity index (χ2v) is 4.93. The Kier molecular flexibility index (Phi) is 5.34. The summed E-state index contributed by atoms with van der Waals surface area (Å²) in [6.45, 7) is 2.72. The molecule has 1 rings (SSSR count). The minimum atomic E-state index is -1.34. The van der Waals surface area contributed by atoms with E-state index in [4.69, 9.17) is 9.52 Å². The van der Waals surface area contributed by atoms with Crippen molar-refractivity contribution in [1.82, 2.24) is 15.5 Å². The number of hydrogen-bond donors (Lipinski definition) is 3. The van der Waals surface area contributed by atoms with Gasteiger partial charge in [-0.1, -0.05) is 0 Å². The summed E-state index contributed by atoms with van der Waals surface area (Å²) in [7, 11) is 1.37. The lowest BCUT2D eigenvalue weighted by molar-refractivity contribution is -0.154. The predicted molar refractivity (Wildman–Crippen MR) is 73.4 cm³/mol. The quantitative estimate of drug-likeness (QED) is 0.703. The van der Waals surface area contributed by atoms with Crippen LogP contribution in [-0.4, -0.2) is 47.0 Å². The summed E-state index contributed by atoms with van der Waals surface area (Å²) in [6.07, 6.45) is 1.49. The fourth-order valence-electron chi connectivity index (χ4n) is 1.37. The topological polar surface area (TPSA) is 112 Å². The second kappa shape index (κ2) is 6.78. The number of likely N-dealkylation sites (N-methyl/N-ethyl adjacent to an activating group) is 1. The van der Waals surface area contributed by atoms with Gasteiger partial charge >= 0.3 is 12.0 Å². The van der Waals surface area contributed by atoms with Gasteiger partial charge in [0.1, 0.15) is 11.3 Å². The highest BCUT2D eigenvalue weighted by Crippen LogP contribution is 2.12. The second-order valence-electron chi connectivity index (χ2n) is 4.93. The van der Waals surface area contributed by atoms with Crippen LogP contribution in [0.4, 0.5) is 4.79 Å². The van der Waals surface area contributed by atoms with Crippen molar-refractivity contribution in [2.75, 3.05) is 13.6 Å². The summed E-state index contributed by atoms with van der Waals surface area (Å²) < 4.78 is 5.04. The summed E-state index contributed by atoms with van der Waals surface area (Å²) in [5.74, 6) is -1.04. The van der Waals surface area contributed by atoms with Crippen molar-refractivity contribution in [1.29, 1.82) is 0 Å². The molecule has 8 heteroatoms. The molecular formula is C13H19N3O5. The monoisotopic (exact) mass is 297 g/mol. The van der Waals surface area contributed by atoms with Crippen LogP contribution in [0, 0.1) is 0 Å². The molecule has 0 aliphatic rings. The van der Waals surface area contributed by atoms with Gasteiger partial charge in [0.25, 0.3) is 0 Å². The number of amides is 3. The van der Waals surface area contributed by atoms with E-state index in [0.717, 1.165) is 4.90 Å². The molecule has 8 nitrogen and oxygen atoms in total. The fourth-order valence-corrected chi connectivity index (χ4v) is 1.37. The molecule has 0 aromatic carbocycles. The summed E-state index contributed by atoms with van der Waals surface area (Å²) in [5, 5.41) is 13.9. The molecule has 21 heavy (non-hydrogen) atoms. The molecule has 116 valence electrons. The van der Waals surface area contributed by atoms with Crippen LogP contribution in [0.2, 0.25) is 0 Å².